The Kier molecular flexibility index (Phi) is 6.86. The molecule has 0 radical (unpaired) electrons. The zero-order chi connectivity index (χ0) is 23.4. The minimum absolute atomic E-state index is 0.182. The number of amides is 2. The zero-order valence-electron chi connectivity index (χ0n) is 17.6. The van der Waals surface area contributed by atoms with Crippen molar-refractivity contribution < 1.29 is 18.7 Å². The Hall–Kier alpha value is -3.49. The maximum absolute atomic E-state index is 13.0. The molecule has 1 aliphatic rings. The van der Waals surface area contributed by atoms with E-state index < -0.39 is 0 Å². The van der Waals surface area contributed by atoms with Crippen molar-refractivity contribution in [1.82, 2.24) is 0 Å². The molecule has 0 spiro atoms. The number of thioether (sulfide) groups is 1. The maximum atomic E-state index is 13.0. The quantitative estimate of drug-likeness (QED) is 0.371. The van der Waals surface area contributed by atoms with Gasteiger partial charge >= 0.3 is 0 Å². The molecule has 1 aliphatic heterocycles. The fraction of sp³-hybridized carbons (Fsp3) is 0.0800. The lowest BCUT2D eigenvalue weighted by molar-refractivity contribution is -0.118. The van der Waals surface area contributed by atoms with Gasteiger partial charge in [-0.15, -0.1) is 0 Å². The van der Waals surface area contributed by atoms with Gasteiger partial charge in [0, 0.05) is 5.69 Å². The highest BCUT2D eigenvalue weighted by atomic mass is 32.2. The molecule has 3 aromatic carbocycles. The Morgan fingerprint density at radius 3 is 2.58 bits per heavy atom. The molecular weight excluding hydrogens is 459 g/mol. The molecule has 5 nitrogen and oxygen atoms in total. The molecular formula is C25H19FN2O3S2. The summed E-state index contributed by atoms with van der Waals surface area (Å²) in [5.74, 6) is -0.450. The Morgan fingerprint density at radius 2 is 1.85 bits per heavy atom. The second-order valence-corrected chi connectivity index (χ2v) is 8.94. The largest absolute Gasteiger partial charge is 0.484 e. The minimum atomic E-state index is -0.378. The van der Waals surface area contributed by atoms with Gasteiger partial charge in [0.15, 0.2) is 10.9 Å². The molecule has 1 N–H and O–H groups in total. The van der Waals surface area contributed by atoms with Gasteiger partial charge in [-0.25, -0.2) is 4.39 Å². The molecule has 0 aliphatic carbocycles. The van der Waals surface area contributed by atoms with Gasteiger partial charge in [0.2, 0.25) is 0 Å². The lowest BCUT2D eigenvalue weighted by Gasteiger charge is -2.14. The predicted octanol–water partition coefficient (Wildman–Crippen LogP) is 5.56. The van der Waals surface area contributed by atoms with Crippen LogP contribution in [0.1, 0.15) is 11.1 Å². The molecule has 0 saturated carbocycles. The standard InChI is InChI=1S/C25H19FN2O3S2/c1-16-5-11-20(12-6-16)28-24(30)22(33-25(28)32)14-17-3-2-4-21(13-17)31-15-23(29)27-19-9-7-18(26)8-10-19/h2-14H,15H2,1H3,(H,27,29)/b22-14-. The lowest BCUT2D eigenvalue weighted by Crippen LogP contribution is -2.27. The fourth-order valence-electron chi connectivity index (χ4n) is 3.11. The molecule has 166 valence electrons. The second-order valence-electron chi connectivity index (χ2n) is 7.27. The number of anilines is 2. The number of rotatable bonds is 6. The highest BCUT2D eigenvalue weighted by Crippen LogP contribution is 2.36. The number of thiocarbonyl (C=S) groups is 1. The van der Waals surface area contributed by atoms with Gasteiger partial charge in [-0.3, -0.25) is 14.5 Å². The summed E-state index contributed by atoms with van der Waals surface area (Å²) in [6, 6.07) is 20.2. The number of nitrogens with zero attached hydrogens (tertiary/aromatic N) is 1. The van der Waals surface area contributed by atoms with Crippen LogP contribution in [0, 0.1) is 12.7 Å². The minimum Gasteiger partial charge on any atom is -0.484 e. The van der Waals surface area contributed by atoms with Crippen molar-refractivity contribution in [1.29, 1.82) is 0 Å². The molecule has 33 heavy (non-hydrogen) atoms. The summed E-state index contributed by atoms with van der Waals surface area (Å²) in [7, 11) is 0. The van der Waals surface area contributed by atoms with Crippen molar-refractivity contribution in [2.75, 3.05) is 16.8 Å². The van der Waals surface area contributed by atoms with Crippen LogP contribution in [0.5, 0.6) is 5.75 Å². The monoisotopic (exact) mass is 478 g/mol. The molecule has 0 unspecified atom stereocenters. The van der Waals surface area contributed by atoms with Crippen LogP contribution in [-0.4, -0.2) is 22.7 Å². The van der Waals surface area contributed by atoms with Crippen molar-refractivity contribution >= 4 is 57.6 Å². The lowest BCUT2D eigenvalue weighted by atomic mass is 10.2. The highest BCUT2D eigenvalue weighted by Gasteiger charge is 2.33. The molecule has 0 atom stereocenters. The van der Waals surface area contributed by atoms with Crippen LogP contribution in [0.4, 0.5) is 15.8 Å². The van der Waals surface area contributed by atoms with Crippen LogP contribution in [0.2, 0.25) is 0 Å². The number of nitrogens with one attached hydrogen (secondary N) is 1. The van der Waals surface area contributed by atoms with E-state index in [-0.39, 0.29) is 24.2 Å². The van der Waals surface area contributed by atoms with Crippen LogP contribution < -0.4 is 15.0 Å². The highest BCUT2D eigenvalue weighted by molar-refractivity contribution is 8.27. The molecule has 8 heteroatoms. The maximum Gasteiger partial charge on any atom is 0.270 e. The van der Waals surface area contributed by atoms with Gasteiger partial charge in [0.25, 0.3) is 11.8 Å². The van der Waals surface area contributed by atoms with Gasteiger partial charge in [-0.05, 0) is 67.1 Å². The molecule has 0 aromatic heterocycles. The van der Waals surface area contributed by atoms with Crippen molar-refractivity contribution in [2.24, 2.45) is 0 Å². The second kappa shape index (κ2) is 9.97. The van der Waals surface area contributed by atoms with E-state index in [0.29, 0.717) is 20.7 Å². The summed E-state index contributed by atoms with van der Waals surface area (Å²) >= 11 is 6.66. The molecule has 4 rings (SSSR count). The Balaban J connectivity index is 1.41. The van der Waals surface area contributed by atoms with E-state index in [2.05, 4.69) is 5.32 Å². The van der Waals surface area contributed by atoms with Crippen molar-refractivity contribution in [3.8, 4) is 5.75 Å². The third kappa shape index (κ3) is 5.66. The van der Waals surface area contributed by atoms with Gasteiger partial charge in [-0.1, -0.05) is 53.8 Å². The Morgan fingerprint density at radius 1 is 1.12 bits per heavy atom. The summed E-state index contributed by atoms with van der Waals surface area (Å²) < 4.78 is 19.0. The van der Waals surface area contributed by atoms with E-state index in [0.717, 1.165) is 16.8 Å². The molecule has 1 heterocycles. The van der Waals surface area contributed by atoms with E-state index in [9.17, 15) is 14.0 Å². The predicted molar refractivity (Wildman–Crippen MR) is 134 cm³/mol. The molecule has 2 amide bonds. The molecule has 1 fully saturated rings. The van der Waals surface area contributed by atoms with Crippen molar-refractivity contribution in [3.63, 3.8) is 0 Å². The average Bonchev–Trinajstić information content (AvgIpc) is 3.07. The number of benzene rings is 3. The summed E-state index contributed by atoms with van der Waals surface area (Å²) in [6.07, 6.45) is 1.75. The first kappa shape index (κ1) is 22.7. The molecule has 1 saturated heterocycles. The zero-order valence-corrected chi connectivity index (χ0v) is 19.2. The van der Waals surface area contributed by atoms with Crippen LogP contribution in [0.3, 0.4) is 0 Å². The SMILES string of the molecule is Cc1ccc(N2C(=O)/C(=C/c3cccc(OCC(=O)Nc4ccc(F)cc4)c3)SC2=S)cc1. The topological polar surface area (TPSA) is 58.6 Å². The Bertz CT molecular complexity index is 1240. The van der Waals surface area contributed by atoms with Gasteiger partial charge in [0.05, 0.1) is 10.6 Å². The summed E-state index contributed by atoms with van der Waals surface area (Å²) in [5.41, 5.74) is 3.06. The van der Waals surface area contributed by atoms with E-state index >= 15 is 0 Å². The summed E-state index contributed by atoms with van der Waals surface area (Å²) in [6.45, 7) is 1.77. The van der Waals surface area contributed by atoms with E-state index in [1.807, 2.05) is 37.3 Å². The number of carbonyl (C=O) groups excluding carboxylic acids is 2. The third-order valence-electron chi connectivity index (χ3n) is 4.74. The summed E-state index contributed by atoms with van der Waals surface area (Å²) in [4.78, 5) is 27.1. The van der Waals surface area contributed by atoms with Crippen LogP contribution >= 0.6 is 24.0 Å². The van der Waals surface area contributed by atoms with Crippen molar-refractivity contribution in [2.45, 2.75) is 6.92 Å². The van der Waals surface area contributed by atoms with Crippen LogP contribution in [0.15, 0.2) is 77.7 Å². The van der Waals surface area contributed by atoms with E-state index in [4.69, 9.17) is 17.0 Å². The first-order valence-electron chi connectivity index (χ1n) is 10.0. The number of aryl methyl sites for hydroxylation is 1. The average molecular weight is 479 g/mol. The van der Waals surface area contributed by atoms with E-state index in [1.54, 1.807) is 24.3 Å². The van der Waals surface area contributed by atoms with Gasteiger partial charge in [0.1, 0.15) is 11.6 Å². The smallest absolute Gasteiger partial charge is 0.270 e. The fourth-order valence-corrected chi connectivity index (χ4v) is 4.41. The van der Waals surface area contributed by atoms with Gasteiger partial charge in [-0.2, -0.15) is 0 Å². The number of hydrogen-bond acceptors (Lipinski definition) is 5. The van der Waals surface area contributed by atoms with E-state index in [1.165, 1.54) is 40.9 Å². The van der Waals surface area contributed by atoms with Crippen molar-refractivity contribution in [3.05, 3.63) is 94.6 Å². The third-order valence-corrected chi connectivity index (χ3v) is 6.04. The summed E-state index contributed by atoms with van der Waals surface area (Å²) in [5, 5.41) is 2.64. The number of halogens is 1. The number of carbonyl (C=O) groups is 2. The first-order chi connectivity index (χ1) is 15.9. The number of hydrogen-bond donors (Lipinski definition) is 1. The first-order valence-corrected chi connectivity index (χ1v) is 11.2. The normalized spacial score (nSPS) is 14.6. The molecule has 0 bridgehead atoms. The van der Waals surface area contributed by atoms with Crippen LogP contribution in [0.25, 0.3) is 6.08 Å². The molecule has 3 aromatic rings. The number of ether oxygens (including phenoxy) is 1. The van der Waals surface area contributed by atoms with Crippen LogP contribution in [-0.2, 0) is 9.59 Å². The Labute approximate surface area is 200 Å². The van der Waals surface area contributed by atoms with Gasteiger partial charge < -0.3 is 10.1 Å².